The van der Waals surface area contributed by atoms with Crippen molar-refractivity contribution in [2.45, 2.75) is 104 Å². The van der Waals surface area contributed by atoms with E-state index in [1.54, 1.807) is 0 Å². The van der Waals surface area contributed by atoms with Crippen LogP contribution in [0.5, 0.6) is 0 Å². The quantitative estimate of drug-likeness (QED) is 0.197. The Morgan fingerprint density at radius 1 is 0.538 bits per heavy atom. The number of unbranched alkanes of at least 4 members (excludes halogenated alkanes) is 1. The van der Waals surface area contributed by atoms with Gasteiger partial charge >= 0.3 is 171 Å². The zero-order valence-electron chi connectivity index (χ0n) is 18.9. The Bertz CT molecular complexity index is 259. The fourth-order valence-electron chi connectivity index (χ4n) is 3.04. The van der Waals surface area contributed by atoms with E-state index in [2.05, 4.69) is 48.5 Å². The average Bonchev–Trinajstić information content (AvgIpc) is 2.68. The Morgan fingerprint density at radius 2 is 0.846 bits per heavy atom. The molecule has 0 aromatic carbocycles. The molecule has 0 rings (SSSR count). The van der Waals surface area contributed by atoms with Gasteiger partial charge in [-0.15, -0.1) is 0 Å². The van der Waals surface area contributed by atoms with Gasteiger partial charge in [0.1, 0.15) is 0 Å². The molecule has 0 aliphatic carbocycles. The standard InChI is InChI=1S/3C6H13O.C4H9.Sn/c3*1-3-6(4-2)5-7;1-3-4-2;/h3*6H,3-5H2,1-2H3;1,3-4H2,2H3;/q3*-1;;+3. The molecule has 26 heavy (non-hydrogen) atoms. The van der Waals surface area contributed by atoms with Crippen LogP contribution in [-0.4, -0.2) is 39.4 Å². The molecule has 158 valence electrons. The van der Waals surface area contributed by atoms with Crippen molar-refractivity contribution in [2.24, 2.45) is 17.8 Å². The van der Waals surface area contributed by atoms with E-state index in [0.29, 0.717) is 17.8 Å². The molecule has 0 amide bonds. The van der Waals surface area contributed by atoms with Gasteiger partial charge in [-0.2, -0.15) is 0 Å². The first-order chi connectivity index (χ1) is 12.5. The Hall–Kier alpha value is 0.679. The molecule has 0 heterocycles. The molecule has 0 saturated carbocycles. The molecule has 3 nitrogen and oxygen atoms in total. The van der Waals surface area contributed by atoms with E-state index in [-0.39, 0.29) is 0 Å². The van der Waals surface area contributed by atoms with Gasteiger partial charge in [0, 0.05) is 0 Å². The summed E-state index contributed by atoms with van der Waals surface area (Å²) < 4.78 is 20.9. The topological polar surface area (TPSA) is 27.7 Å². The van der Waals surface area contributed by atoms with Crippen LogP contribution >= 0.6 is 0 Å². The van der Waals surface area contributed by atoms with Gasteiger partial charge in [0.2, 0.25) is 0 Å². The van der Waals surface area contributed by atoms with Crippen molar-refractivity contribution in [2.75, 3.05) is 19.8 Å². The summed E-state index contributed by atoms with van der Waals surface area (Å²) in [5, 5.41) is 0. The van der Waals surface area contributed by atoms with Gasteiger partial charge in [-0.05, 0) is 0 Å². The van der Waals surface area contributed by atoms with Gasteiger partial charge in [-0.1, -0.05) is 0 Å². The third-order valence-electron chi connectivity index (χ3n) is 5.92. The summed E-state index contributed by atoms with van der Waals surface area (Å²) in [7, 11) is 0. The predicted molar refractivity (Wildman–Crippen MR) is 116 cm³/mol. The first-order valence-electron chi connectivity index (χ1n) is 11.5. The van der Waals surface area contributed by atoms with E-state index in [0.717, 1.165) is 30.7 Å². The molecular weight excluding hydrogens is 431 g/mol. The van der Waals surface area contributed by atoms with E-state index in [1.807, 2.05) is 0 Å². The van der Waals surface area contributed by atoms with E-state index < -0.39 is 19.6 Å². The van der Waals surface area contributed by atoms with Crippen molar-refractivity contribution in [3.63, 3.8) is 0 Å². The number of rotatable bonds is 18. The van der Waals surface area contributed by atoms with Crippen LogP contribution in [-0.2, 0) is 9.22 Å². The van der Waals surface area contributed by atoms with Crippen molar-refractivity contribution in [3.05, 3.63) is 0 Å². The van der Waals surface area contributed by atoms with Crippen molar-refractivity contribution in [3.8, 4) is 0 Å². The molecule has 0 N–H and O–H groups in total. The number of hydrogen-bond acceptors (Lipinski definition) is 3. The van der Waals surface area contributed by atoms with E-state index in [1.165, 1.54) is 44.9 Å². The summed E-state index contributed by atoms with van der Waals surface area (Å²) in [5.41, 5.74) is 0. The molecular formula is C22H48O3Sn. The van der Waals surface area contributed by atoms with E-state index in [4.69, 9.17) is 9.22 Å². The van der Waals surface area contributed by atoms with Crippen LogP contribution in [0.25, 0.3) is 0 Å². The van der Waals surface area contributed by atoms with Gasteiger partial charge < -0.3 is 0 Å². The summed E-state index contributed by atoms with van der Waals surface area (Å²) in [4.78, 5) is 0. The molecule has 0 fully saturated rings. The average molecular weight is 479 g/mol. The van der Waals surface area contributed by atoms with Crippen molar-refractivity contribution < 1.29 is 9.22 Å². The summed E-state index contributed by atoms with van der Waals surface area (Å²) >= 11 is -3.50. The van der Waals surface area contributed by atoms with Crippen molar-refractivity contribution in [1.29, 1.82) is 0 Å². The Morgan fingerprint density at radius 3 is 1.08 bits per heavy atom. The minimum absolute atomic E-state index is 0.626. The molecule has 4 heteroatoms. The molecule has 0 aromatic rings. The summed E-state index contributed by atoms with van der Waals surface area (Å²) in [6, 6.07) is 0. The molecule has 0 aliphatic heterocycles. The summed E-state index contributed by atoms with van der Waals surface area (Å²) in [6.07, 6.45) is 9.37. The SMILES string of the molecule is CCC[CH2][Sn]([O]CC(CC)CC)([O]CC(CC)CC)[O]CC(CC)CC. The van der Waals surface area contributed by atoms with Crippen LogP contribution in [0, 0.1) is 17.8 Å². The maximum absolute atomic E-state index is 6.62. The molecule has 0 radical (unpaired) electrons. The molecule has 0 bridgehead atoms. The molecule has 0 atom stereocenters. The van der Waals surface area contributed by atoms with Crippen LogP contribution in [0.15, 0.2) is 0 Å². The van der Waals surface area contributed by atoms with Gasteiger partial charge in [0.25, 0.3) is 0 Å². The molecule has 0 unspecified atom stereocenters. The third-order valence-corrected chi connectivity index (χ3v) is 13.9. The monoisotopic (exact) mass is 480 g/mol. The Labute approximate surface area is 170 Å². The maximum atomic E-state index is 6.62. The zero-order valence-corrected chi connectivity index (χ0v) is 21.8. The first kappa shape index (κ1) is 26.7. The molecule has 0 spiro atoms. The van der Waals surface area contributed by atoms with Crippen LogP contribution in [0.2, 0.25) is 4.44 Å². The second-order valence-corrected chi connectivity index (χ2v) is 15.6. The van der Waals surface area contributed by atoms with Gasteiger partial charge in [-0.3, -0.25) is 0 Å². The van der Waals surface area contributed by atoms with Gasteiger partial charge in [0.05, 0.1) is 0 Å². The summed E-state index contributed by atoms with van der Waals surface area (Å²) in [5.74, 6) is 1.88. The molecule has 0 aromatic heterocycles. The first-order valence-corrected chi connectivity index (χ1v) is 17.0. The fourth-order valence-corrected chi connectivity index (χ4v) is 11.4. The number of hydrogen-bond donors (Lipinski definition) is 0. The van der Waals surface area contributed by atoms with E-state index >= 15 is 0 Å². The van der Waals surface area contributed by atoms with Crippen LogP contribution in [0.4, 0.5) is 0 Å². The van der Waals surface area contributed by atoms with Crippen molar-refractivity contribution >= 4 is 19.6 Å². The van der Waals surface area contributed by atoms with Crippen LogP contribution in [0.1, 0.15) is 99.8 Å². The second kappa shape index (κ2) is 16.6. The Kier molecular flexibility index (Phi) is 17.1. The third kappa shape index (κ3) is 10.9. The van der Waals surface area contributed by atoms with Crippen molar-refractivity contribution in [1.82, 2.24) is 0 Å². The second-order valence-electron chi connectivity index (χ2n) is 7.77. The summed E-state index contributed by atoms with van der Waals surface area (Å²) in [6.45, 7) is 18.3. The molecule has 0 saturated heterocycles. The molecule has 0 aliphatic rings. The normalized spacial score (nSPS) is 12.7. The van der Waals surface area contributed by atoms with Gasteiger partial charge in [0.15, 0.2) is 0 Å². The van der Waals surface area contributed by atoms with Gasteiger partial charge in [-0.25, -0.2) is 0 Å². The van der Waals surface area contributed by atoms with E-state index in [9.17, 15) is 0 Å². The fraction of sp³-hybridized carbons (Fsp3) is 1.00. The minimum atomic E-state index is -3.50. The zero-order chi connectivity index (χ0) is 19.8. The predicted octanol–water partition coefficient (Wildman–Crippen LogP) is 7.08. The van der Waals surface area contributed by atoms with Crippen LogP contribution < -0.4 is 0 Å². The Balaban J connectivity index is 5.17. The van der Waals surface area contributed by atoms with Crippen LogP contribution in [0.3, 0.4) is 0 Å².